The van der Waals surface area contributed by atoms with Gasteiger partial charge in [-0.15, -0.1) is 0 Å². The van der Waals surface area contributed by atoms with Crippen molar-refractivity contribution in [2.45, 2.75) is 6.42 Å². The van der Waals surface area contributed by atoms with E-state index in [1.54, 1.807) is 0 Å². The maximum atomic E-state index is 12.5. The molecule has 0 radical (unpaired) electrons. The summed E-state index contributed by atoms with van der Waals surface area (Å²) in [6.45, 7) is -0.255. The Hall–Kier alpha value is -1.79. The first-order valence-electron chi connectivity index (χ1n) is 6.44. The van der Waals surface area contributed by atoms with E-state index in [9.17, 15) is 24.6 Å². The Morgan fingerprint density at radius 3 is 1.82 bits per heavy atom. The molecular weight excluding hydrogens is 333 g/mol. The molecule has 116 valence electrons. The van der Waals surface area contributed by atoms with Gasteiger partial charge in [0, 0.05) is 28.7 Å². The smallest absolute Gasteiger partial charge is 0.312 e. The van der Waals surface area contributed by atoms with Crippen molar-refractivity contribution in [3.8, 4) is 0 Å². The molecule has 3 rings (SSSR count). The second-order valence-electron chi connectivity index (χ2n) is 5.77. The molecule has 0 spiro atoms. The van der Waals surface area contributed by atoms with Crippen molar-refractivity contribution < 1.29 is 24.6 Å². The molecule has 8 heteroatoms. The summed E-state index contributed by atoms with van der Waals surface area (Å²) in [5.41, 5.74) is -2.58. The lowest BCUT2D eigenvalue weighted by Crippen LogP contribution is -2.34. The first kappa shape index (κ1) is 15.1. The number of nitrogens with zero attached hydrogens (tertiary/aromatic N) is 1. The van der Waals surface area contributed by atoms with Crippen molar-refractivity contribution in [2.24, 2.45) is 10.8 Å². The van der Waals surface area contributed by atoms with Crippen LogP contribution in [0.25, 0.3) is 0 Å². The molecule has 0 aromatic heterocycles. The fourth-order valence-electron chi connectivity index (χ4n) is 3.29. The zero-order valence-electron chi connectivity index (χ0n) is 11.2. The molecule has 1 aromatic carbocycles. The summed E-state index contributed by atoms with van der Waals surface area (Å²) in [4.78, 5) is 36.6. The lowest BCUT2D eigenvalue weighted by Gasteiger charge is -2.20. The van der Waals surface area contributed by atoms with Gasteiger partial charge in [-0.2, -0.15) is 0 Å². The molecule has 1 amide bonds. The average Bonchev–Trinajstić information content (AvgIpc) is 2.96. The summed E-state index contributed by atoms with van der Waals surface area (Å²) in [5.74, 6) is -2.85. The van der Waals surface area contributed by atoms with Gasteiger partial charge < -0.3 is 15.1 Å². The summed E-state index contributed by atoms with van der Waals surface area (Å²) >= 11 is 11.7. The lowest BCUT2D eigenvalue weighted by atomic mass is 9.97. The van der Waals surface area contributed by atoms with Gasteiger partial charge in [0.05, 0.1) is 0 Å². The van der Waals surface area contributed by atoms with Crippen molar-refractivity contribution in [1.82, 2.24) is 4.90 Å². The van der Waals surface area contributed by atoms with Crippen LogP contribution in [-0.2, 0) is 9.59 Å². The zero-order chi connectivity index (χ0) is 16.3. The highest BCUT2D eigenvalue weighted by Crippen LogP contribution is 2.68. The molecule has 2 atom stereocenters. The normalized spacial score (nSPS) is 29.1. The van der Waals surface area contributed by atoms with E-state index in [0.717, 1.165) is 0 Å². The average molecular weight is 344 g/mol. The highest BCUT2D eigenvalue weighted by Gasteiger charge is 2.81. The Labute approximate surface area is 135 Å². The van der Waals surface area contributed by atoms with Crippen LogP contribution in [0.5, 0.6) is 0 Å². The van der Waals surface area contributed by atoms with Gasteiger partial charge in [0.2, 0.25) is 0 Å². The van der Waals surface area contributed by atoms with E-state index in [1.165, 1.54) is 23.1 Å². The SMILES string of the molecule is O=C(c1cc(Cl)cc(Cl)c1)N1C[C@@]2(C(=O)O)C[C@@]2(C(=O)O)C1. The minimum Gasteiger partial charge on any atom is -0.481 e. The van der Waals surface area contributed by atoms with Crippen LogP contribution >= 0.6 is 23.2 Å². The molecule has 2 fully saturated rings. The van der Waals surface area contributed by atoms with Gasteiger partial charge in [0.1, 0.15) is 10.8 Å². The van der Waals surface area contributed by atoms with E-state index in [-0.39, 0.29) is 35.1 Å². The number of hydrogen-bond donors (Lipinski definition) is 2. The van der Waals surface area contributed by atoms with Gasteiger partial charge in [-0.05, 0) is 24.6 Å². The van der Waals surface area contributed by atoms with E-state index in [4.69, 9.17) is 23.2 Å². The first-order chi connectivity index (χ1) is 10.2. The highest BCUT2D eigenvalue weighted by atomic mass is 35.5. The molecule has 1 aliphatic carbocycles. The number of carboxylic acid groups (broad SMARTS) is 2. The van der Waals surface area contributed by atoms with Gasteiger partial charge in [-0.25, -0.2) is 0 Å². The zero-order valence-corrected chi connectivity index (χ0v) is 12.7. The number of likely N-dealkylation sites (tertiary alicyclic amines) is 1. The minimum absolute atomic E-state index is 0.0464. The van der Waals surface area contributed by atoms with Crippen LogP contribution in [0.2, 0.25) is 10.0 Å². The molecule has 1 aromatic rings. The number of rotatable bonds is 3. The third-order valence-electron chi connectivity index (χ3n) is 4.53. The number of benzene rings is 1. The number of hydrogen-bond acceptors (Lipinski definition) is 3. The molecule has 6 nitrogen and oxygen atoms in total. The Bertz CT molecular complexity index is 673. The molecular formula is C14H11Cl2NO5. The third kappa shape index (κ3) is 1.90. The van der Waals surface area contributed by atoms with Crippen molar-refractivity contribution in [2.75, 3.05) is 13.1 Å². The standard InChI is InChI=1S/C14H11Cl2NO5/c15-8-1-7(2-9(16)3-8)10(18)17-5-13(11(19)20)4-14(13,6-17)12(21)22/h1-3H,4-6H2,(H,19,20)(H,21,22)/t13-,14+. The Morgan fingerprint density at radius 2 is 1.41 bits per heavy atom. The summed E-state index contributed by atoms with van der Waals surface area (Å²) in [7, 11) is 0. The topological polar surface area (TPSA) is 94.9 Å². The number of carbonyl (C=O) groups is 3. The Balaban J connectivity index is 1.91. The molecule has 1 heterocycles. The third-order valence-corrected chi connectivity index (χ3v) is 4.97. The van der Waals surface area contributed by atoms with Crippen LogP contribution in [0.1, 0.15) is 16.8 Å². The quantitative estimate of drug-likeness (QED) is 0.875. The number of fused-ring (bicyclic) bond motifs is 1. The Morgan fingerprint density at radius 1 is 0.955 bits per heavy atom. The van der Waals surface area contributed by atoms with E-state index in [0.29, 0.717) is 0 Å². The van der Waals surface area contributed by atoms with Gasteiger partial charge in [0.25, 0.3) is 5.91 Å². The second kappa shape index (κ2) is 4.60. The number of piperidine rings is 1. The summed E-state index contributed by atoms with van der Waals surface area (Å²) < 4.78 is 0. The fraction of sp³-hybridized carbons (Fsp3) is 0.357. The minimum atomic E-state index is -1.39. The predicted molar refractivity (Wildman–Crippen MR) is 77.1 cm³/mol. The number of aliphatic carboxylic acids is 2. The summed E-state index contributed by atoms with van der Waals surface area (Å²) in [5, 5.41) is 19.2. The van der Waals surface area contributed by atoms with Crippen LogP contribution in [0, 0.1) is 10.8 Å². The van der Waals surface area contributed by atoms with Crippen molar-refractivity contribution >= 4 is 41.0 Å². The van der Waals surface area contributed by atoms with Gasteiger partial charge >= 0.3 is 11.9 Å². The van der Waals surface area contributed by atoms with Crippen LogP contribution in [0.4, 0.5) is 0 Å². The molecule has 2 aliphatic rings. The second-order valence-corrected chi connectivity index (χ2v) is 6.64. The van der Waals surface area contributed by atoms with E-state index < -0.39 is 28.7 Å². The van der Waals surface area contributed by atoms with E-state index in [2.05, 4.69) is 0 Å². The number of carbonyl (C=O) groups excluding carboxylic acids is 1. The van der Waals surface area contributed by atoms with Crippen molar-refractivity contribution in [1.29, 1.82) is 0 Å². The van der Waals surface area contributed by atoms with Crippen molar-refractivity contribution in [3.05, 3.63) is 33.8 Å². The highest BCUT2D eigenvalue weighted by molar-refractivity contribution is 6.35. The molecule has 0 unspecified atom stereocenters. The molecule has 22 heavy (non-hydrogen) atoms. The number of halogens is 2. The summed E-state index contributed by atoms with van der Waals surface area (Å²) in [6.07, 6.45) is 0.0464. The molecule has 2 N–H and O–H groups in total. The lowest BCUT2D eigenvalue weighted by molar-refractivity contribution is -0.151. The number of carboxylic acids is 2. The Kier molecular flexibility index (Phi) is 3.16. The molecule has 1 aliphatic heterocycles. The van der Waals surface area contributed by atoms with Crippen LogP contribution in [-0.4, -0.2) is 46.0 Å². The van der Waals surface area contributed by atoms with E-state index >= 15 is 0 Å². The maximum absolute atomic E-state index is 12.5. The van der Waals surface area contributed by atoms with Gasteiger partial charge in [-0.3, -0.25) is 14.4 Å². The van der Waals surface area contributed by atoms with Crippen LogP contribution in [0.3, 0.4) is 0 Å². The van der Waals surface area contributed by atoms with E-state index in [1.807, 2.05) is 0 Å². The number of amides is 1. The predicted octanol–water partition coefficient (Wildman–Crippen LogP) is 1.99. The largest absolute Gasteiger partial charge is 0.481 e. The van der Waals surface area contributed by atoms with Crippen molar-refractivity contribution in [3.63, 3.8) is 0 Å². The monoisotopic (exact) mass is 343 g/mol. The molecule has 1 saturated heterocycles. The fourth-order valence-corrected chi connectivity index (χ4v) is 3.82. The maximum Gasteiger partial charge on any atom is 0.312 e. The first-order valence-corrected chi connectivity index (χ1v) is 7.20. The molecule has 0 bridgehead atoms. The van der Waals surface area contributed by atoms with Crippen LogP contribution in [0.15, 0.2) is 18.2 Å². The molecule has 1 saturated carbocycles. The van der Waals surface area contributed by atoms with Gasteiger partial charge in [0.15, 0.2) is 0 Å². The summed E-state index contributed by atoms with van der Waals surface area (Å²) in [6, 6.07) is 4.31. The van der Waals surface area contributed by atoms with Gasteiger partial charge in [-0.1, -0.05) is 23.2 Å². The van der Waals surface area contributed by atoms with Crippen LogP contribution < -0.4 is 0 Å².